The van der Waals surface area contributed by atoms with Gasteiger partial charge in [0, 0.05) is 11.4 Å². The number of benzene rings is 1. The van der Waals surface area contributed by atoms with Gasteiger partial charge in [0.15, 0.2) is 17.5 Å². The fourth-order valence-corrected chi connectivity index (χ4v) is 1.96. The van der Waals surface area contributed by atoms with Crippen molar-refractivity contribution in [3.05, 3.63) is 52.6 Å². The van der Waals surface area contributed by atoms with Gasteiger partial charge in [0.2, 0.25) is 5.91 Å². The molecule has 0 bridgehead atoms. The smallest absolute Gasteiger partial charge is 0.228 e. The van der Waals surface area contributed by atoms with E-state index in [1.807, 2.05) is 13.8 Å². The molecule has 0 fully saturated rings. The second-order valence-corrected chi connectivity index (χ2v) is 4.55. The second-order valence-electron chi connectivity index (χ2n) is 4.55. The molecular weight excluding hydrogens is 269 g/mol. The van der Waals surface area contributed by atoms with Crippen molar-refractivity contribution in [2.75, 3.05) is 5.32 Å². The monoisotopic (exact) mass is 282 g/mol. The Morgan fingerprint density at radius 2 is 1.90 bits per heavy atom. The number of carbonyl (C=O) groups is 1. The number of aryl methyl sites for hydroxylation is 2. The van der Waals surface area contributed by atoms with Gasteiger partial charge in [-0.3, -0.25) is 4.79 Å². The lowest BCUT2D eigenvalue weighted by Crippen LogP contribution is -2.16. The van der Waals surface area contributed by atoms with Crippen LogP contribution >= 0.6 is 0 Å². The average Bonchev–Trinajstić information content (AvgIpc) is 2.68. The van der Waals surface area contributed by atoms with E-state index >= 15 is 0 Å². The standard InChI is InChI=1S/C14H13F3N2O/c1-7-5-9(8(2)18-7)6-12(20)19-11-4-3-10(15)13(16)14(11)17/h3-5,18H,6H2,1-2H3,(H,19,20). The predicted molar refractivity (Wildman–Crippen MR) is 68.9 cm³/mol. The van der Waals surface area contributed by atoms with Crippen molar-refractivity contribution >= 4 is 11.6 Å². The normalized spacial score (nSPS) is 10.7. The molecule has 0 radical (unpaired) electrons. The van der Waals surface area contributed by atoms with Crippen molar-refractivity contribution in [1.82, 2.24) is 4.98 Å². The second kappa shape index (κ2) is 5.40. The highest BCUT2D eigenvalue weighted by Crippen LogP contribution is 2.20. The van der Waals surface area contributed by atoms with Gasteiger partial charge in [0.25, 0.3) is 0 Å². The van der Waals surface area contributed by atoms with Gasteiger partial charge in [-0.25, -0.2) is 13.2 Å². The first kappa shape index (κ1) is 14.2. The Labute approximate surface area is 113 Å². The first-order valence-electron chi connectivity index (χ1n) is 5.97. The summed E-state index contributed by atoms with van der Waals surface area (Å²) in [5.74, 6) is -4.80. The Morgan fingerprint density at radius 1 is 1.20 bits per heavy atom. The number of nitrogens with one attached hydrogen (secondary N) is 2. The van der Waals surface area contributed by atoms with Gasteiger partial charge in [-0.1, -0.05) is 0 Å². The maximum absolute atomic E-state index is 13.4. The van der Waals surface area contributed by atoms with Gasteiger partial charge in [0.05, 0.1) is 12.1 Å². The van der Waals surface area contributed by atoms with Crippen LogP contribution in [0.15, 0.2) is 18.2 Å². The van der Waals surface area contributed by atoms with Crippen LogP contribution in [-0.2, 0) is 11.2 Å². The molecule has 2 N–H and O–H groups in total. The van der Waals surface area contributed by atoms with E-state index in [0.717, 1.165) is 29.1 Å². The average molecular weight is 282 g/mol. The molecule has 2 rings (SSSR count). The number of H-pyrrole nitrogens is 1. The first-order chi connectivity index (χ1) is 9.38. The van der Waals surface area contributed by atoms with Crippen molar-refractivity contribution in [2.24, 2.45) is 0 Å². The third kappa shape index (κ3) is 2.84. The minimum atomic E-state index is -1.60. The number of hydrogen-bond donors (Lipinski definition) is 2. The van der Waals surface area contributed by atoms with E-state index in [0.29, 0.717) is 0 Å². The Balaban J connectivity index is 2.13. The zero-order chi connectivity index (χ0) is 14.9. The van der Waals surface area contributed by atoms with E-state index in [2.05, 4.69) is 10.3 Å². The third-order valence-corrected chi connectivity index (χ3v) is 2.92. The summed E-state index contributed by atoms with van der Waals surface area (Å²) in [5.41, 5.74) is 2.13. The third-order valence-electron chi connectivity index (χ3n) is 2.92. The maximum Gasteiger partial charge on any atom is 0.228 e. The Morgan fingerprint density at radius 3 is 2.50 bits per heavy atom. The minimum absolute atomic E-state index is 0.0224. The summed E-state index contributed by atoms with van der Waals surface area (Å²) >= 11 is 0. The highest BCUT2D eigenvalue weighted by molar-refractivity contribution is 5.92. The van der Waals surface area contributed by atoms with Crippen LogP contribution in [0.5, 0.6) is 0 Å². The quantitative estimate of drug-likeness (QED) is 0.834. The van der Waals surface area contributed by atoms with Crippen LogP contribution in [-0.4, -0.2) is 10.9 Å². The van der Waals surface area contributed by atoms with Crippen LogP contribution in [0.25, 0.3) is 0 Å². The molecular formula is C14H13F3N2O. The fraction of sp³-hybridized carbons (Fsp3) is 0.214. The van der Waals surface area contributed by atoms with Gasteiger partial charge in [-0.2, -0.15) is 0 Å². The van der Waals surface area contributed by atoms with E-state index in [-0.39, 0.29) is 12.1 Å². The molecule has 2 aromatic rings. The topological polar surface area (TPSA) is 44.9 Å². The molecule has 6 heteroatoms. The SMILES string of the molecule is Cc1cc(CC(=O)Nc2ccc(F)c(F)c2F)c(C)[nH]1. The van der Waals surface area contributed by atoms with E-state index in [9.17, 15) is 18.0 Å². The molecule has 0 saturated carbocycles. The van der Waals surface area contributed by atoms with Crippen molar-refractivity contribution in [1.29, 1.82) is 0 Å². The van der Waals surface area contributed by atoms with E-state index in [1.165, 1.54) is 0 Å². The molecule has 1 aromatic heterocycles. The Hall–Kier alpha value is -2.24. The number of aromatic nitrogens is 1. The summed E-state index contributed by atoms with van der Waals surface area (Å²) in [4.78, 5) is 14.8. The molecule has 0 spiro atoms. The van der Waals surface area contributed by atoms with Gasteiger partial charge in [-0.15, -0.1) is 0 Å². The molecule has 1 amide bonds. The largest absolute Gasteiger partial charge is 0.362 e. The highest BCUT2D eigenvalue weighted by atomic mass is 19.2. The molecule has 0 aliphatic heterocycles. The van der Waals surface area contributed by atoms with Crippen LogP contribution in [0, 0.1) is 31.3 Å². The van der Waals surface area contributed by atoms with Crippen LogP contribution < -0.4 is 5.32 Å². The molecule has 0 aliphatic rings. The summed E-state index contributed by atoms with van der Waals surface area (Å²) in [6.45, 7) is 3.66. The summed E-state index contributed by atoms with van der Waals surface area (Å²) < 4.78 is 39.2. The number of hydrogen-bond acceptors (Lipinski definition) is 1. The Kier molecular flexibility index (Phi) is 3.83. The molecule has 3 nitrogen and oxygen atoms in total. The van der Waals surface area contributed by atoms with Gasteiger partial charge >= 0.3 is 0 Å². The van der Waals surface area contributed by atoms with Crippen molar-refractivity contribution < 1.29 is 18.0 Å². The Bertz CT molecular complexity index is 665. The van der Waals surface area contributed by atoms with E-state index in [1.54, 1.807) is 6.07 Å². The molecule has 0 aliphatic carbocycles. The maximum atomic E-state index is 13.4. The van der Waals surface area contributed by atoms with Crippen LogP contribution in [0.3, 0.4) is 0 Å². The zero-order valence-electron chi connectivity index (χ0n) is 11.0. The summed E-state index contributed by atoms with van der Waals surface area (Å²) in [7, 11) is 0. The molecule has 0 atom stereocenters. The molecule has 1 aromatic carbocycles. The van der Waals surface area contributed by atoms with Crippen LogP contribution in [0.2, 0.25) is 0 Å². The summed E-state index contributed by atoms with van der Waals surface area (Å²) in [6.07, 6.45) is 0.0224. The van der Waals surface area contributed by atoms with Crippen LogP contribution in [0.1, 0.15) is 17.0 Å². The predicted octanol–water partition coefficient (Wildman–Crippen LogP) is 3.23. The lowest BCUT2D eigenvalue weighted by atomic mass is 10.1. The van der Waals surface area contributed by atoms with Gasteiger partial charge in [-0.05, 0) is 37.6 Å². The summed E-state index contributed by atoms with van der Waals surface area (Å²) in [6, 6.07) is 3.55. The molecule has 106 valence electrons. The number of aromatic amines is 1. The lowest BCUT2D eigenvalue weighted by Gasteiger charge is -2.07. The van der Waals surface area contributed by atoms with Crippen molar-refractivity contribution in [3.63, 3.8) is 0 Å². The number of anilines is 1. The minimum Gasteiger partial charge on any atom is -0.362 e. The summed E-state index contributed by atoms with van der Waals surface area (Å²) in [5, 5.41) is 2.23. The highest BCUT2D eigenvalue weighted by Gasteiger charge is 2.16. The fourth-order valence-electron chi connectivity index (χ4n) is 1.96. The molecule has 1 heterocycles. The lowest BCUT2D eigenvalue weighted by molar-refractivity contribution is -0.115. The molecule has 20 heavy (non-hydrogen) atoms. The number of halogens is 3. The van der Waals surface area contributed by atoms with Crippen LogP contribution in [0.4, 0.5) is 18.9 Å². The number of rotatable bonds is 3. The van der Waals surface area contributed by atoms with Gasteiger partial charge in [0.1, 0.15) is 0 Å². The first-order valence-corrected chi connectivity index (χ1v) is 5.97. The molecule has 0 saturated heterocycles. The van der Waals surface area contributed by atoms with Crippen molar-refractivity contribution in [3.8, 4) is 0 Å². The zero-order valence-corrected chi connectivity index (χ0v) is 11.0. The van der Waals surface area contributed by atoms with Gasteiger partial charge < -0.3 is 10.3 Å². The van der Waals surface area contributed by atoms with E-state index < -0.39 is 23.4 Å². The number of amides is 1. The van der Waals surface area contributed by atoms with Crippen molar-refractivity contribution in [2.45, 2.75) is 20.3 Å². The molecule has 0 unspecified atom stereocenters. The van der Waals surface area contributed by atoms with E-state index in [4.69, 9.17) is 0 Å². The number of carbonyl (C=O) groups excluding carboxylic acids is 1.